The molecule has 3 nitrogen and oxygen atoms in total. The zero-order valence-corrected chi connectivity index (χ0v) is 12.0. The predicted molar refractivity (Wildman–Crippen MR) is 80.6 cm³/mol. The number of ether oxygens (including phenoxy) is 2. The first-order valence-electron chi connectivity index (χ1n) is 6.84. The topological polar surface area (TPSA) is 35.5 Å². The number of carbonyl (C=O) groups excluding carboxylic acids is 1. The third-order valence-corrected chi connectivity index (χ3v) is 3.23. The number of carbonyl (C=O) groups is 1. The van der Waals surface area contributed by atoms with E-state index in [1.807, 2.05) is 50.3 Å². The van der Waals surface area contributed by atoms with Gasteiger partial charge in [-0.25, -0.2) is 4.79 Å². The number of rotatable bonds is 2. The van der Waals surface area contributed by atoms with Crippen molar-refractivity contribution in [2.24, 2.45) is 0 Å². The zero-order valence-electron chi connectivity index (χ0n) is 12.0. The highest BCUT2D eigenvalue weighted by atomic mass is 16.7. The van der Waals surface area contributed by atoms with Crippen LogP contribution in [0.2, 0.25) is 0 Å². The van der Waals surface area contributed by atoms with Gasteiger partial charge in [-0.05, 0) is 43.3 Å². The summed E-state index contributed by atoms with van der Waals surface area (Å²) < 4.78 is 11.3. The number of hydrogen-bond acceptors (Lipinski definition) is 3. The van der Waals surface area contributed by atoms with Gasteiger partial charge in [0, 0.05) is 0 Å². The Morgan fingerprint density at radius 1 is 1.00 bits per heavy atom. The van der Waals surface area contributed by atoms with Gasteiger partial charge in [-0.15, -0.1) is 0 Å². The van der Waals surface area contributed by atoms with Crippen LogP contribution in [-0.4, -0.2) is 11.6 Å². The molecule has 2 aromatic carbocycles. The Morgan fingerprint density at radius 2 is 1.67 bits per heavy atom. The molecule has 0 bridgehead atoms. The first-order valence-corrected chi connectivity index (χ1v) is 6.84. The molecule has 0 amide bonds. The molecule has 0 radical (unpaired) electrons. The van der Waals surface area contributed by atoms with Crippen LogP contribution in [0.5, 0.6) is 0 Å². The van der Waals surface area contributed by atoms with Crippen LogP contribution < -0.4 is 10.4 Å². The van der Waals surface area contributed by atoms with Crippen molar-refractivity contribution in [1.82, 2.24) is 0 Å². The second-order valence-corrected chi connectivity index (χ2v) is 5.48. The van der Waals surface area contributed by atoms with Gasteiger partial charge in [0.2, 0.25) is 0 Å². The van der Waals surface area contributed by atoms with Gasteiger partial charge >= 0.3 is 5.97 Å². The van der Waals surface area contributed by atoms with Crippen LogP contribution in [0.4, 0.5) is 0 Å². The molecule has 106 valence electrons. The summed E-state index contributed by atoms with van der Waals surface area (Å²) in [6.07, 6.45) is 2.02. The number of benzene rings is 2. The zero-order chi connectivity index (χ0) is 14.9. The van der Waals surface area contributed by atoms with Crippen molar-refractivity contribution in [2.75, 3.05) is 0 Å². The first-order chi connectivity index (χ1) is 10.1. The van der Waals surface area contributed by atoms with E-state index in [4.69, 9.17) is 9.47 Å². The summed E-state index contributed by atoms with van der Waals surface area (Å²) in [5, 5.41) is 1.80. The smallest absolute Gasteiger partial charge is 0.345 e. The minimum absolute atomic E-state index is 0.256. The highest BCUT2D eigenvalue weighted by Gasteiger charge is 2.25. The molecule has 3 rings (SSSR count). The summed E-state index contributed by atoms with van der Waals surface area (Å²) in [6.45, 7) is 3.86. The standard InChI is InChI=1S/C18H16O3/c1-18(2)12-14-10-6-7-11-15(14)17(21-18)20-16(19)13-8-4-3-5-9-13/h3-12H,1-2H3. The summed E-state index contributed by atoms with van der Waals surface area (Å²) in [5.41, 5.74) is -0.0147. The molecular weight excluding hydrogens is 264 g/mol. The third-order valence-electron chi connectivity index (χ3n) is 3.23. The molecule has 0 fully saturated rings. The molecule has 0 N–H and O–H groups in total. The van der Waals surface area contributed by atoms with Crippen LogP contribution in [0.1, 0.15) is 24.2 Å². The average molecular weight is 280 g/mol. The van der Waals surface area contributed by atoms with Crippen molar-refractivity contribution in [3.8, 4) is 0 Å². The lowest BCUT2D eigenvalue weighted by molar-refractivity contribution is 0.0336. The maximum absolute atomic E-state index is 12.2. The van der Waals surface area contributed by atoms with E-state index in [0.717, 1.165) is 10.4 Å². The van der Waals surface area contributed by atoms with Crippen LogP contribution in [0.3, 0.4) is 0 Å². The SMILES string of the molecule is CC1(C)C=c2ccccc2=C(OC(=O)c2ccccc2)O1. The molecule has 0 saturated carbocycles. The molecule has 1 heterocycles. The van der Waals surface area contributed by atoms with Crippen LogP contribution in [-0.2, 0) is 9.47 Å². The van der Waals surface area contributed by atoms with E-state index in [9.17, 15) is 4.79 Å². The summed E-state index contributed by atoms with van der Waals surface area (Å²) in [6, 6.07) is 16.6. The maximum atomic E-state index is 12.2. The van der Waals surface area contributed by atoms with E-state index >= 15 is 0 Å². The summed E-state index contributed by atoms with van der Waals surface area (Å²) in [5.74, 6) is -0.162. The number of hydrogen-bond donors (Lipinski definition) is 0. The van der Waals surface area contributed by atoms with Gasteiger partial charge in [-0.3, -0.25) is 0 Å². The van der Waals surface area contributed by atoms with Gasteiger partial charge in [-0.1, -0.05) is 36.4 Å². The third kappa shape index (κ3) is 2.82. The van der Waals surface area contributed by atoms with E-state index < -0.39 is 11.6 Å². The van der Waals surface area contributed by atoms with E-state index in [1.165, 1.54) is 0 Å². The van der Waals surface area contributed by atoms with Crippen molar-refractivity contribution >= 4 is 18.0 Å². The van der Waals surface area contributed by atoms with E-state index in [0.29, 0.717) is 5.56 Å². The maximum Gasteiger partial charge on any atom is 0.345 e. The monoisotopic (exact) mass is 280 g/mol. The van der Waals surface area contributed by atoms with Crippen molar-refractivity contribution in [3.05, 3.63) is 70.6 Å². The minimum Gasteiger partial charge on any atom is -0.454 e. The molecular formula is C18H16O3. The van der Waals surface area contributed by atoms with Crippen LogP contribution in [0.15, 0.2) is 54.6 Å². The highest BCUT2D eigenvalue weighted by Crippen LogP contribution is 2.20. The lowest BCUT2D eigenvalue weighted by Gasteiger charge is -2.26. The molecule has 1 aliphatic rings. The highest BCUT2D eigenvalue weighted by molar-refractivity contribution is 5.91. The fourth-order valence-electron chi connectivity index (χ4n) is 2.30. The molecule has 0 saturated heterocycles. The lowest BCUT2D eigenvalue weighted by Crippen LogP contribution is -2.40. The summed E-state index contributed by atoms with van der Waals surface area (Å²) in [7, 11) is 0. The van der Waals surface area contributed by atoms with Crippen molar-refractivity contribution < 1.29 is 14.3 Å². The predicted octanol–water partition coefficient (Wildman–Crippen LogP) is 2.20. The van der Waals surface area contributed by atoms with Gasteiger partial charge < -0.3 is 9.47 Å². The molecule has 0 aliphatic carbocycles. The fourth-order valence-corrected chi connectivity index (χ4v) is 2.30. The van der Waals surface area contributed by atoms with Gasteiger partial charge in [0.05, 0.1) is 10.8 Å². The Morgan fingerprint density at radius 3 is 2.43 bits per heavy atom. The molecule has 0 unspecified atom stereocenters. The first kappa shape index (κ1) is 13.4. The molecule has 0 spiro atoms. The normalized spacial score (nSPS) is 15.4. The summed E-state index contributed by atoms with van der Waals surface area (Å²) in [4.78, 5) is 12.2. The van der Waals surface area contributed by atoms with Gasteiger partial charge in [0.25, 0.3) is 5.95 Å². The number of esters is 1. The Labute approximate surface area is 123 Å². The van der Waals surface area contributed by atoms with Gasteiger partial charge in [0.1, 0.15) is 5.60 Å². The summed E-state index contributed by atoms with van der Waals surface area (Å²) >= 11 is 0. The van der Waals surface area contributed by atoms with E-state index in [-0.39, 0.29) is 5.95 Å². The van der Waals surface area contributed by atoms with E-state index in [1.54, 1.807) is 24.3 Å². The van der Waals surface area contributed by atoms with Crippen LogP contribution in [0, 0.1) is 0 Å². The molecule has 21 heavy (non-hydrogen) atoms. The lowest BCUT2D eigenvalue weighted by atomic mass is 10.0. The Bertz CT molecular complexity index is 789. The molecule has 2 aromatic rings. The van der Waals surface area contributed by atoms with Gasteiger partial charge in [0.15, 0.2) is 0 Å². The largest absolute Gasteiger partial charge is 0.454 e. The molecule has 1 aliphatic heterocycles. The van der Waals surface area contributed by atoms with E-state index in [2.05, 4.69) is 0 Å². The second kappa shape index (κ2) is 5.09. The van der Waals surface area contributed by atoms with Crippen molar-refractivity contribution in [3.63, 3.8) is 0 Å². The van der Waals surface area contributed by atoms with Crippen LogP contribution in [0.25, 0.3) is 12.0 Å². The average Bonchev–Trinajstić information content (AvgIpc) is 2.47. The van der Waals surface area contributed by atoms with Crippen molar-refractivity contribution in [1.29, 1.82) is 0 Å². The Hall–Kier alpha value is -2.55. The molecule has 3 heteroatoms. The Balaban J connectivity index is 2.02. The minimum atomic E-state index is -0.513. The van der Waals surface area contributed by atoms with Crippen LogP contribution >= 0.6 is 0 Å². The second-order valence-electron chi connectivity index (χ2n) is 5.48. The number of fused-ring (bicyclic) bond motifs is 1. The Kier molecular flexibility index (Phi) is 3.26. The van der Waals surface area contributed by atoms with Crippen molar-refractivity contribution in [2.45, 2.75) is 19.4 Å². The molecule has 0 aromatic heterocycles. The quantitative estimate of drug-likeness (QED) is 0.791. The molecule has 0 atom stereocenters. The van der Waals surface area contributed by atoms with Gasteiger partial charge in [-0.2, -0.15) is 0 Å². The fraction of sp³-hybridized carbons (Fsp3) is 0.167.